The molecular weight excluding hydrogens is 272 g/mol. The van der Waals surface area contributed by atoms with E-state index < -0.39 is 11.5 Å². The lowest BCUT2D eigenvalue weighted by atomic mass is 9.90. The van der Waals surface area contributed by atoms with E-state index in [4.69, 9.17) is 4.74 Å². The topological polar surface area (TPSA) is 91.7 Å². The van der Waals surface area contributed by atoms with Gasteiger partial charge in [0, 0.05) is 37.6 Å². The Morgan fingerprint density at radius 2 is 2.05 bits per heavy atom. The number of hydrogen-bond acceptors (Lipinski definition) is 5. The Bertz CT molecular complexity index is 680. The molecule has 0 aliphatic carbocycles. The first-order chi connectivity index (χ1) is 10.1. The lowest BCUT2D eigenvalue weighted by Crippen LogP contribution is -2.50. The molecule has 2 aromatic rings. The molecule has 0 saturated carbocycles. The van der Waals surface area contributed by atoms with Crippen LogP contribution in [0.4, 0.5) is 5.82 Å². The van der Waals surface area contributed by atoms with Crippen molar-refractivity contribution in [2.45, 2.75) is 18.4 Å². The zero-order valence-electron chi connectivity index (χ0n) is 11.4. The predicted molar refractivity (Wildman–Crippen MR) is 77.5 cm³/mol. The number of hydrogen-bond donors (Lipinski definition) is 3. The molecule has 3 rings (SSSR count). The molecule has 6 heteroatoms. The van der Waals surface area contributed by atoms with Crippen molar-refractivity contribution >= 4 is 22.6 Å². The van der Waals surface area contributed by atoms with E-state index >= 15 is 0 Å². The molecule has 0 unspecified atom stereocenters. The summed E-state index contributed by atoms with van der Waals surface area (Å²) in [5.41, 5.74) is -1.08. The first kappa shape index (κ1) is 13.6. The van der Waals surface area contributed by atoms with E-state index in [-0.39, 0.29) is 5.75 Å². The van der Waals surface area contributed by atoms with E-state index in [2.05, 4.69) is 10.3 Å². The number of aromatic nitrogens is 1. The Balaban J connectivity index is 2.03. The summed E-state index contributed by atoms with van der Waals surface area (Å²) >= 11 is 0. The van der Waals surface area contributed by atoms with Gasteiger partial charge in [0.2, 0.25) is 0 Å². The van der Waals surface area contributed by atoms with Gasteiger partial charge < -0.3 is 20.3 Å². The highest BCUT2D eigenvalue weighted by Gasteiger charge is 2.40. The molecule has 1 saturated heterocycles. The number of nitrogens with one attached hydrogen (secondary N) is 1. The number of carboxylic acid groups (broad SMARTS) is 1. The van der Waals surface area contributed by atoms with Crippen molar-refractivity contribution in [1.82, 2.24) is 4.98 Å². The average molecular weight is 288 g/mol. The van der Waals surface area contributed by atoms with Gasteiger partial charge in [-0.15, -0.1) is 0 Å². The largest absolute Gasteiger partial charge is 0.508 e. The van der Waals surface area contributed by atoms with Crippen LogP contribution in [0.2, 0.25) is 0 Å². The zero-order valence-corrected chi connectivity index (χ0v) is 11.4. The zero-order chi connectivity index (χ0) is 14.9. The molecular formula is C15H16N2O4. The number of carbonyl (C=O) groups is 1. The molecule has 6 nitrogen and oxygen atoms in total. The number of carboxylic acids is 1. The second-order valence-corrected chi connectivity index (χ2v) is 5.19. The minimum atomic E-state index is -1.08. The second kappa shape index (κ2) is 5.21. The standard InChI is InChI=1S/C15H16N2O4/c18-11-2-1-10-3-6-16-13(12(10)9-11)17-15(14(19)20)4-7-21-8-5-15/h1-3,6,9,18H,4-5,7-8H2,(H,16,17)(H,19,20). The van der Waals surface area contributed by atoms with Gasteiger partial charge in [0.05, 0.1) is 0 Å². The first-order valence-electron chi connectivity index (χ1n) is 6.78. The number of benzene rings is 1. The maximum atomic E-state index is 11.7. The molecule has 1 aliphatic rings. The summed E-state index contributed by atoms with van der Waals surface area (Å²) in [6, 6.07) is 6.76. The molecule has 0 spiro atoms. The minimum absolute atomic E-state index is 0.120. The van der Waals surface area contributed by atoms with Gasteiger partial charge in [-0.1, -0.05) is 6.07 Å². The third-order valence-electron chi connectivity index (χ3n) is 3.86. The van der Waals surface area contributed by atoms with Gasteiger partial charge in [0.15, 0.2) is 0 Å². The smallest absolute Gasteiger partial charge is 0.329 e. The summed E-state index contributed by atoms with van der Waals surface area (Å²) in [7, 11) is 0. The van der Waals surface area contributed by atoms with Crippen molar-refractivity contribution in [1.29, 1.82) is 0 Å². The number of ether oxygens (including phenoxy) is 1. The normalized spacial score (nSPS) is 17.5. The van der Waals surface area contributed by atoms with Crippen LogP contribution in [0.25, 0.3) is 10.8 Å². The van der Waals surface area contributed by atoms with Crippen molar-refractivity contribution in [2.75, 3.05) is 18.5 Å². The van der Waals surface area contributed by atoms with Crippen molar-refractivity contribution in [3.63, 3.8) is 0 Å². The number of aliphatic carboxylic acids is 1. The quantitative estimate of drug-likeness (QED) is 0.800. The van der Waals surface area contributed by atoms with Crippen LogP contribution in [-0.2, 0) is 9.53 Å². The molecule has 3 N–H and O–H groups in total. The molecule has 0 atom stereocenters. The number of aromatic hydroxyl groups is 1. The van der Waals surface area contributed by atoms with Gasteiger partial charge in [-0.25, -0.2) is 9.78 Å². The molecule has 0 radical (unpaired) electrons. The summed E-state index contributed by atoms with van der Waals surface area (Å²) < 4.78 is 5.26. The summed E-state index contributed by atoms with van der Waals surface area (Å²) in [4.78, 5) is 15.9. The van der Waals surface area contributed by atoms with Crippen LogP contribution in [0, 0.1) is 0 Å². The van der Waals surface area contributed by atoms with Crippen LogP contribution in [0.1, 0.15) is 12.8 Å². The Hall–Kier alpha value is -2.34. The van der Waals surface area contributed by atoms with Crippen LogP contribution in [0.3, 0.4) is 0 Å². The lowest BCUT2D eigenvalue weighted by molar-refractivity contribution is -0.145. The van der Waals surface area contributed by atoms with Crippen LogP contribution in [0.15, 0.2) is 30.5 Å². The highest BCUT2D eigenvalue weighted by molar-refractivity contribution is 5.95. The van der Waals surface area contributed by atoms with Crippen LogP contribution in [-0.4, -0.2) is 39.9 Å². The fourth-order valence-electron chi connectivity index (χ4n) is 2.59. The third-order valence-corrected chi connectivity index (χ3v) is 3.86. The number of anilines is 1. The lowest BCUT2D eigenvalue weighted by Gasteiger charge is -2.34. The fraction of sp³-hybridized carbons (Fsp3) is 0.333. The summed E-state index contributed by atoms with van der Waals surface area (Å²) in [5.74, 6) is -0.327. The third kappa shape index (κ3) is 2.50. The van der Waals surface area contributed by atoms with Crippen molar-refractivity contribution in [2.24, 2.45) is 0 Å². The fourth-order valence-corrected chi connectivity index (χ4v) is 2.59. The van der Waals surface area contributed by atoms with Gasteiger partial charge in [-0.3, -0.25) is 0 Å². The minimum Gasteiger partial charge on any atom is -0.508 e. The average Bonchev–Trinajstić information content (AvgIpc) is 2.49. The highest BCUT2D eigenvalue weighted by Crippen LogP contribution is 2.31. The number of pyridine rings is 1. The van der Waals surface area contributed by atoms with Gasteiger partial charge in [-0.2, -0.15) is 0 Å². The van der Waals surface area contributed by atoms with Crippen molar-refractivity contribution in [3.8, 4) is 5.75 Å². The first-order valence-corrected chi connectivity index (χ1v) is 6.78. The van der Waals surface area contributed by atoms with E-state index in [1.54, 1.807) is 24.4 Å². The van der Waals surface area contributed by atoms with Gasteiger partial charge >= 0.3 is 5.97 Å². The van der Waals surface area contributed by atoms with Crippen LogP contribution in [0.5, 0.6) is 5.75 Å². The van der Waals surface area contributed by atoms with Gasteiger partial charge in [-0.05, 0) is 23.6 Å². The Labute approximate surface area is 121 Å². The Morgan fingerprint density at radius 1 is 1.29 bits per heavy atom. The molecule has 1 aliphatic heterocycles. The molecule has 110 valence electrons. The predicted octanol–water partition coefficient (Wildman–Crippen LogP) is 1.99. The number of phenolic OH excluding ortho intramolecular Hbond substituents is 1. The van der Waals surface area contributed by atoms with Crippen LogP contribution < -0.4 is 5.32 Å². The number of nitrogens with zero attached hydrogens (tertiary/aromatic N) is 1. The number of fused-ring (bicyclic) bond motifs is 1. The number of phenols is 1. The SMILES string of the molecule is O=C(O)C1(Nc2nccc3ccc(O)cc23)CCOCC1. The monoisotopic (exact) mass is 288 g/mol. The summed E-state index contributed by atoms with van der Waals surface area (Å²) in [6.45, 7) is 0.796. The van der Waals surface area contributed by atoms with Gasteiger partial charge in [0.1, 0.15) is 17.1 Å². The Kier molecular flexibility index (Phi) is 3.39. The molecule has 1 aromatic carbocycles. The molecule has 21 heavy (non-hydrogen) atoms. The van der Waals surface area contributed by atoms with E-state index in [1.807, 2.05) is 6.07 Å². The molecule has 1 aromatic heterocycles. The van der Waals surface area contributed by atoms with Crippen molar-refractivity contribution in [3.05, 3.63) is 30.5 Å². The van der Waals surface area contributed by atoms with E-state index in [0.29, 0.717) is 37.3 Å². The van der Waals surface area contributed by atoms with E-state index in [1.165, 1.54) is 0 Å². The second-order valence-electron chi connectivity index (χ2n) is 5.19. The van der Waals surface area contributed by atoms with E-state index in [9.17, 15) is 15.0 Å². The van der Waals surface area contributed by atoms with Crippen LogP contribution >= 0.6 is 0 Å². The van der Waals surface area contributed by atoms with E-state index in [0.717, 1.165) is 5.39 Å². The molecule has 2 heterocycles. The maximum absolute atomic E-state index is 11.7. The number of rotatable bonds is 3. The molecule has 0 amide bonds. The highest BCUT2D eigenvalue weighted by atomic mass is 16.5. The molecule has 0 bridgehead atoms. The maximum Gasteiger partial charge on any atom is 0.329 e. The van der Waals surface area contributed by atoms with Crippen molar-refractivity contribution < 1.29 is 19.7 Å². The summed E-state index contributed by atoms with van der Waals surface area (Å²) in [5, 5.41) is 23.9. The summed E-state index contributed by atoms with van der Waals surface area (Å²) in [6.07, 6.45) is 2.37. The molecule has 1 fully saturated rings. The van der Waals surface area contributed by atoms with Gasteiger partial charge in [0.25, 0.3) is 0 Å². The Morgan fingerprint density at radius 3 is 2.76 bits per heavy atom.